The van der Waals surface area contributed by atoms with E-state index in [4.69, 9.17) is 23.1 Å². The minimum atomic E-state index is -0.780. The highest BCUT2D eigenvalue weighted by atomic mass is 32.1. The summed E-state index contributed by atoms with van der Waals surface area (Å²) in [5.74, 6) is -1.60. The zero-order chi connectivity index (χ0) is 15.4. The van der Waals surface area contributed by atoms with Gasteiger partial charge in [0, 0.05) is 18.2 Å². The molecule has 6 heteroatoms. The maximum absolute atomic E-state index is 13.6. The molecule has 0 fully saturated rings. The van der Waals surface area contributed by atoms with Gasteiger partial charge >= 0.3 is 0 Å². The Hall–Kier alpha value is -2.47. The van der Waals surface area contributed by atoms with Crippen LogP contribution in [0, 0.1) is 5.82 Å². The first-order valence-corrected chi connectivity index (χ1v) is 6.53. The third-order valence-corrected chi connectivity index (χ3v) is 2.93. The molecular weight excluding hydrogens is 291 g/mol. The van der Waals surface area contributed by atoms with Gasteiger partial charge in [-0.2, -0.15) is 0 Å². The molecule has 0 aliphatic rings. The van der Waals surface area contributed by atoms with E-state index in [1.165, 1.54) is 12.1 Å². The number of phenols is 1. The number of rotatable bonds is 4. The van der Waals surface area contributed by atoms with Gasteiger partial charge in [-0.1, -0.05) is 24.4 Å². The van der Waals surface area contributed by atoms with Crippen LogP contribution in [-0.2, 0) is 6.42 Å². The Labute approximate surface area is 126 Å². The monoisotopic (exact) mass is 304 g/mol. The number of thiocarbonyl (C=S) groups is 1. The number of hydrogen-bond donors (Lipinski definition) is 3. The second-order valence-electron chi connectivity index (χ2n) is 4.46. The molecule has 0 heterocycles. The molecule has 0 aliphatic carbocycles. The lowest BCUT2D eigenvalue weighted by molar-refractivity contribution is 0.102. The van der Waals surface area contributed by atoms with Crippen molar-refractivity contribution in [1.29, 1.82) is 0 Å². The van der Waals surface area contributed by atoms with E-state index in [9.17, 15) is 9.18 Å². The average Bonchev–Trinajstić information content (AvgIpc) is 2.40. The topological polar surface area (TPSA) is 75.3 Å². The molecular formula is C15H13FN2O2S. The first-order valence-electron chi connectivity index (χ1n) is 6.13. The van der Waals surface area contributed by atoms with Crippen LogP contribution in [0.25, 0.3) is 0 Å². The second-order valence-corrected chi connectivity index (χ2v) is 4.98. The highest BCUT2D eigenvalue weighted by molar-refractivity contribution is 7.80. The molecule has 2 rings (SSSR count). The predicted molar refractivity (Wildman–Crippen MR) is 82.9 cm³/mol. The number of halogens is 1. The maximum atomic E-state index is 13.6. The number of benzene rings is 2. The molecule has 0 saturated heterocycles. The molecule has 1 amide bonds. The fraction of sp³-hybridized carbons (Fsp3) is 0.0667. The van der Waals surface area contributed by atoms with Crippen molar-refractivity contribution in [2.75, 3.05) is 5.32 Å². The fourth-order valence-corrected chi connectivity index (χ4v) is 1.96. The third kappa shape index (κ3) is 4.00. The molecule has 0 unspecified atom stereocenters. The molecule has 0 atom stereocenters. The minimum absolute atomic E-state index is 0.139. The van der Waals surface area contributed by atoms with Gasteiger partial charge in [0.05, 0.1) is 10.6 Å². The SMILES string of the molecule is NC(=S)Cc1ccc(NC(=O)c2ccc(O)cc2F)cc1. The van der Waals surface area contributed by atoms with Crippen LogP contribution >= 0.6 is 12.2 Å². The second kappa shape index (κ2) is 6.32. The number of amides is 1. The maximum Gasteiger partial charge on any atom is 0.258 e. The lowest BCUT2D eigenvalue weighted by Crippen LogP contribution is -2.14. The molecule has 2 aromatic carbocycles. The molecule has 2 aromatic rings. The smallest absolute Gasteiger partial charge is 0.258 e. The van der Waals surface area contributed by atoms with Gasteiger partial charge in [0.1, 0.15) is 11.6 Å². The Balaban J connectivity index is 2.10. The summed E-state index contributed by atoms with van der Waals surface area (Å²) in [5.41, 5.74) is 6.76. The summed E-state index contributed by atoms with van der Waals surface area (Å²) in [4.78, 5) is 12.3. The number of nitrogens with one attached hydrogen (secondary N) is 1. The van der Waals surface area contributed by atoms with Gasteiger partial charge < -0.3 is 16.2 Å². The van der Waals surface area contributed by atoms with Gasteiger partial charge in [-0.25, -0.2) is 4.39 Å². The van der Waals surface area contributed by atoms with E-state index in [1.54, 1.807) is 24.3 Å². The summed E-state index contributed by atoms with van der Waals surface area (Å²) in [6, 6.07) is 10.3. The van der Waals surface area contributed by atoms with E-state index in [1.807, 2.05) is 0 Å². The number of carbonyl (C=O) groups excluding carboxylic acids is 1. The van der Waals surface area contributed by atoms with Crippen molar-refractivity contribution in [2.24, 2.45) is 5.73 Å². The van der Waals surface area contributed by atoms with E-state index in [-0.39, 0.29) is 11.3 Å². The number of nitrogens with two attached hydrogens (primary N) is 1. The number of phenolic OH excluding ortho intramolecular Hbond substituents is 1. The van der Waals surface area contributed by atoms with Gasteiger partial charge in [-0.05, 0) is 29.8 Å². The zero-order valence-corrected chi connectivity index (χ0v) is 11.8. The Morgan fingerprint density at radius 3 is 2.48 bits per heavy atom. The highest BCUT2D eigenvalue weighted by Gasteiger charge is 2.12. The van der Waals surface area contributed by atoms with Crippen LogP contribution in [0.5, 0.6) is 5.75 Å². The molecule has 0 bridgehead atoms. The van der Waals surface area contributed by atoms with Gasteiger partial charge in [0.15, 0.2) is 0 Å². The molecule has 4 N–H and O–H groups in total. The van der Waals surface area contributed by atoms with Crippen LogP contribution in [0.2, 0.25) is 0 Å². The number of anilines is 1. The van der Waals surface area contributed by atoms with Crippen molar-refractivity contribution >= 4 is 28.8 Å². The van der Waals surface area contributed by atoms with Gasteiger partial charge in [-0.15, -0.1) is 0 Å². The van der Waals surface area contributed by atoms with Crippen molar-refractivity contribution in [3.63, 3.8) is 0 Å². The van der Waals surface area contributed by atoms with Crippen molar-refractivity contribution in [2.45, 2.75) is 6.42 Å². The molecule has 21 heavy (non-hydrogen) atoms. The normalized spacial score (nSPS) is 10.1. The van der Waals surface area contributed by atoms with Gasteiger partial charge in [0.25, 0.3) is 5.91 Å². The third-order valence-electron chi connectivity index (χ3n) is 2.79. The standard InChI is InChI=1S/C15H13FN2O2S/c16-13-8-11(19)5-6-12(13)15(20)18-10-3-1-9(2-4-10)7-14(17)21/h1-6,8,19H,7H2,(H2,17,21)(H,18,20). The first-order chi connectivity index (χ1) is 9.95. The molecule has 4 nitrogen and oxygen atoms in total. The summed E-state index contributed by atoms with van der Waals surface area (Å²) in [6.45, 7) is 0. The minimum Gasteiger partial charge on any atom is -0.508 e. The van der Waals surface area contributed by atoms with E-state index in [0.717, 1.165) is 11.6 Å². The first kappa shape index (κ1) is 14.9. The lowest BCUT2D eigenvalue weighted by Gasteiger charge is -2.07. The number of carbonyl (C=O) groups is 1. The molecule has 0 spiro atoms. The Morgan fingerprint density at radius 1 is 1.24 bits per heavy atom. The van der Waals surface area contributed by atoms with Crippen LogP contribution < -0.4 is 11.1 Å². The molecule has 0 radical (unpaired) electrons. The largest absolute Gasteiger partial charge is 0.508 e. The Bertz CT molecular complexity index is 687. The molecule has 108 valence electrons. The average molecular weight is 304 g/mol. The Kier molecular flexibility index (Phi) is 4.49. The van der Waals surface area contributed by atoms with Crippen molar-refractivity contribution < 1.29 is 14.3 Å². The summed E-state index contributed by atoms with van der Waals surface area (Å²) >= 11 is 4.81. The summed E-state index contributed by atoms with van der Waals surface area (Å²) in [6.07, 6.45) is 0.482. The van der Waals surface area contributed by atoms with E-state index in [2.05, 4.69) is 5.32 Å². The van der Waals surface area contributed by atoms with Crippen LogP contribution in [0.1, 0.15) is 15.9 Å². The van der Waals surface area contributed by atoms with Crippen LogP contribution in [0.15, 0.2) is 42.5 Å². The number of aromatic hydroxyl groups is 1. The van der Waals surface area contributed by atoms with Crippen LogP contribution in [0.3, 0.4) is 0 Å². The molecule has 0 aromatic heterocycles. The van der Waals surface area contributed by atoms with E-state index < -0.39 is 11.7 Å². The van der Waals surface area contributed by atoms with Crippen molar-refractivity contribution in [3.8, 4) is 5.75 Å². The van der Waals surface area contributed by atoms with Crippen molar-refractivity contribution in [3.05, 3.63) is 59.4 Å². The van der Waals surface area contributed by atoms with E-state index in [0.29, 0.717) is 17.1 Å². The Morgan fingerprint density at radius 2 is 1.90 bits per heavy atom. The quantitative estimate of drug-likeness (QED) is 0.759. The molecule has 0 saturated carbocycles. The van der Waals surface area contributed by atoms with Gasteiger partial charge in [-0.3, -0.25) is 4.79 Å². The fourth-order valence-electron chi connectivity index (χ4n) is 1.79. The van der Waals surface area contributed by atoms with Gasteiger partial charge in [0.2, 0.25) is 0 Å². The highest BCUT2D eigenvalue weighted by Crippen LogP contribution is 2.17. The van der Waals surface area contributed by atoms with Crippen molar-refractivity contribution in [1.82, 2.24) is 0 Å². The molecule has 0 aliphatic heterocycles. The summed E-state index contributed by atoms with van der Waals surface area (Å²) in [7, 11) is 0. The summed E-state index contributed by atoms with van der Waals surface area (Å²) in [5, 5.41) is 11.7. The van der Waals surface area contributed by atoms with Crippen LogP contribution in [-0.4, -0.2) is 16.0 Å². The summed E-state index contributed by atoms with van der Waals surface area (Å²) < 4.78 is 13.6. The predicted octanol–water partition coefficient (Wildman–Crippen LogP) is 2.61. The number of hydrogen-bond acceptors (Lipinski definition) is 3. The zero-order valence-electron chi connectivity index (χ0n) is 11.0. The van der Waals surface area contributed by atoms with E-state index >= 15 is 0 Å². The van der Waals surface area contributed by atoms with Crippen LogP contribution in [0.4, 0.5) is 10.1 Å². The lowest BCUT2D eigenvalue weighted by atomic mass is 10.1.